The van der Waals surface area contributed by atoms with Crippen molar-refractivity contribution in [3.05, 3.63) is 34.3 Å². The Morgan fingerprint density at radius 3 is 2.73 bits per heavy atom. The Hall–Kier alpha value is -0.380. The zero-order valence-corrected chi connectivity index (χ0v) is 10.9. The van der Waals surface area contributed by atoms with E-state index in [1.54, 1.807) is 7.11 Å². The van der Waals surface area contributed by atoms with Crippen molar-refractivity contribution >= 4 is 15.9 Å². The summed E-state index contributed by atoms with van der Waals surface area (Å²) in [6.45, 7) is 0.802. The van der Waals surface area contributed by atoms with Gasteiger partial charge < -0.3 is 10.1 Å². The van der Waals surface area contributed by atoms with Crippen LogP contribution in [0, 0.1) is 0 Å². The van der Waals surface area contributed by atoms with Crippen molar-refractivity contribution in [1.29, 1.82) is 0 Å². The summed E-state index contributed by atoms with van der Waals surface area (Å²) in [6.07, 6.45) is 2.07. The fourth-order valence-corrected chi connectivity index (χ4v) is 1.98. The third-order valence-corrected chi connectivity index (χ3v) is 3.28. The van der Waals surface area contributed by atoms with E-state index in [9.17, 15) is 0 Å². The number of hydrogen-bond donors (Lipinski definition) is 1. The summed E-state index contributed by atoms with van der Waals surface area (Å²) in [7, 11) is 3.74. The number of methoxy groups -OCH3 is 1. The van der Waals surface area contributed by atoms with E-state index in [0.717, 1.165) is 19.4 Å². The van der Waals surface area contributed by atoms with Gasteiger partial charge in [0, 0.05) is 24.2 Å². The van der Waals surface area contributed by atoms with E-state index < -0.39 is 0 Å². The van der Waals surface area contributed by atoms with Crippen LogP contribution in [0.2, 0.25) is 0 Å². The molecule has 2 nitrogen and oxygen atoms in total. The van der Waals surface area contributed by atoms with Gasteiger partial charge in [-0.2, -0.15) is 0 Å². The lowest BCUT2D eigenvalue weighted by molar-refractivity contribution is 0.184. The first-order chi connectivity index (χ1) is 7.27. The van der Waals surface area contributed by atoms with Crippen molar-refractivity contribution in [3.8, 4) is 0 Å². The quantitative estimate of drug-likeness (QED) is 0.859. The molecule has 0 bridgehead atoms. The molecule has 1 atom stereocenters. The Bertz CT molecular complexity index is 291. The van der Waals surface area contributed by atoms with Gasteiger partial charge in [0.1, 0.15) is 0 Å². The molecule has 15 heavy (non-hydrogen) atoms. The van der Waals surface area contributed by atoms with E-state index in [-0.39, 0.29) is 0 Å². The average molecular weight is 272 g/mol. The molecule has 0 aliphatic rings. The summed E-state index contributed by atoms with van der Waals surface area (Å²) < 4.78 is 6.27. The van der Waals surface area contributed by atoms with Crippen LogP contribution in [0.25, 0.3) is 0 Å². The van der Waals surface area contributed by atoms with Crippen LogP contribution in [0.5, 0.6) is 0 Å². The first kappa shape index (κ1) is 12.7. The first-order valence-corrected chi connectivity index (χ1v) is 5.96. The molecule has 1 rings (SSSR count). The second kappa shape index (κ2) is 6.99. The fraction of sp³-hybridized carbons (Fsp3) is 0.500. The van der Waals surface area contributed by atoms with E-state index in [1.807, 2.05) is 13.1 Å². The van der Waals surface area contributed by atoms with E-state index in [4.69, 9.17) is 4.74 Å². The van der Waals surface area contributed by atoms with E-state index in [0.29, 0.717) is 6.04 Å². The van der Waals surface area contributed by atoms with Crippen molar-refractivity contribution in [3.63, 3.8) is 0 Å². The molecule has 0 spiro atoms. The minimum absolute atomic E-state index is 0.476. The van der Waals surface area contributed by atoms with Crippen LogP contribution in [-0.4, -0.2) is 26.8 Å². The normalized spacial score (nSPS) is 12.7. The van der Waals surface area contributed by atoms with Gasteiger partial charge in [0.05, 0.1) is 0 Å². The van der Waals surface area contributed by atoms with Gasteiger partial charge in [-0.1, -0.05) is 34.1 Å². The highest BCUT2D eigenvalue weighted by atomic mass is 79.9. The molecule has 0 aliphatic heterocycles. The average Bonchev–Trinajstić information content (AvgIpc) is 2.26. The van der Waals surface area contributed by atoms with Gasteiger partial charge in [-0.15, -0.1) is 0 Å². The SMILES string of the molecule is CNC(CCOC)Cc1ccccc1Br. The Labute approximate surface area is 100 Å². The minimum atomic E-state index is 0.476. The Balaban J connectivity index is 2.54. The highest BCUT2D eigenvalue weighted by Gasteiger charge is 2.08. The second-order valence-electron chi connectivity index (χ2n) is 3.56. The first-order valence-electron chi connectivity index (χ1n) is 5.17. The molecule has 3 heteroatoms. The molecule has 0 aromatic heterocycles. The smallest absolute Gasteiger partial charge is 0.0477 e. The van der Waals surface area contributed by atoms with Crippen molar-refractivity contribution in [2.45, 2.75) is 18.9 Å². The molecule has 0 saturated carbocycles. The van der Waals surface area contributed by atoms with Crippen molar-refractivity contribution in [1.82, 2.24) is 5.32 Å². The number of hydrogen-bond acceptors (Lipinski definition) is 2. The van der Waals surface area contributed by atoms with Gasteiger partial charge in [-0.3, -0.25) is 0 Å². The molecule has 0 radical (unpaired) electrons. The number of halogens is 1. The minimum Gasteiger partial charge on any atom is -0.385 e. The number of rotatable bonds is 6. The zero-order valence-electron chi connectivity index (χ0n) is 9.29. The van der Waals surface area contributed by atoms with Crippen LogP contribution < -0.4 is 5.32 Å². The Morgan fingerprint density at radius 1 is 1.40 bits per heavy atom. The molecule has 0 aliphatic carbocycles. The molecule has 1 aromatic carbocycles. The zero-order chi connectivity index (χ0) is 11.1. The lowest BCUT2D eigenvalue weighted by Crippen LogP contribution is -2.29. The molecule has 1 N–H and O–H groups in total. The summed E-state index contributed by atoms with van der Waals surface area (Å²) in [5.41, 5.74) is 1.34. The third-order valence-electron chi connectivity index (χ3n) is 2.50. The third kappa shape index (κ3) is 4.33. The molecule has 0 heterocycles. The van der Waals surface area contributed by atoms with E-state index in [2.05, 4.69) is 39.4 Å². The largest absolute Gasteiger partial charge is 0.385 e. The summed E-state index contributed by atoms with van der Waals surface area (Å²) in [6, 6.07) is 8.82. The van der Waals surface area contributed by atoms with Crippen LogP contribution in [0.1, 0.15) is 12.0 Å². The lowest BCUT2D eigenvalue weighted by atomic mass is 10.0. The fourth-order valence-electron chi connectivity index (χ4n) is 1.54. The summed E-state index contributed by atoms with van der Waals surface area (Å²) in [4.78, 5) is 0. The van der Waals surface area contributed by atoms with Crippen LogP contribution >= 0.6 is 15.9 Å². The van der Waals surface area contributed by atoms with E-state index >= 15 is 0 Å². The molecule has 0 fully saturated rings. The van der Waals surface area contributed by atoms with Crippen LogP contribution in [-0.2, 0) is 11.2 Å². The predicted octanol–water partition coefficient (Wildman–Crippen LogP) is 2.62. The maximum absolute atomic E-state index is 5.09. The van der Waals surface area contributed by atoms with Gasteiger partial charge >= 0.3 is 0 Å². The highest BCUT2D eigenvalue weighted by molar-refractivity contribution is 9.10. The van der Waals surface area contributed by atoms with Gasteiger partial charge in [-0.25, -0.2) is 0 Å². The summed E-state index contributed by atoms with van der Waals surface area (Å²) in [5.74, 6) is 0. The maximum Gasteiger partial charge on any atom is 0.0477 e. The topological polar surface area (TPSA) is 21.3 Å². The van der Waals surface area contributed by atoms with Crippen LogP contribution in [0.4, 0.5) is 0 Å². The predicted molar refractivity (Wildman–Crippen MR) is 67.2 cm³/mol. The highest BCUT2D eigenvalue weighted by Crippen LogP contribution is 2.18. The molecule has 84 valence electrons. The standard InChI is InChI=1S/C12H18BrNO/c1-14-11(7-8-15-2)9-10-5-3-4-6-12(10)13/h3-6,11,14H,7-9H2,1-2H3. The summed E-state index contributed by atoms with van der Waals surface area (Å²) >= 11 is 3.56. The van der Waals surface area contributed by atoms with Crippen LogP contribution in [0.3, 0.4) is 0 Å². The number of likely N-dealkylation sites (N-methyl/N-ethyl adjacent to an activating group) is 1. The molecule has 1 unspecified atom stereocenters. The Morgan fingerprint density at radius 2 is 2.13 bits per heavy atom. The van der Waals surface area contributed by atoms with Crippen molar-refractivity contribution in [2.24, 2.45) is 0 Å². The van der Waals surface area contributed by atoms with E-state index in [1.165, 1.54) is 10.0 Å². The second-order valence-corrected chi connectivity index (χ2v) is 4.42. The Kier molecular flexibility index (Phi) is 5.91. The van der Waals surface area contributed by atoms with Gasteiger partial charge in [-0.05, 0) is 31.5 Å². The van der Waals surface area contributed by atoms with Crippen molar-refractivity contribution in [2.75, 3.05) is 20.8 Å². The monoisotopic (exact) mass is 271 g/mol. The number of ether oxygens (including phenoxy) is 1. The molecular formula is C12H18BrNO. The number of nitrogens with one attached hydrogen (secondary N) is 1. The molecule has 1 aromatic rings. The van der Waals surface area contributed by atoms with Crippen LogP contribution in [0.15, 0.2) is 28.7 Å². The lowest BCUT2D eigenvalue weighted by Gasteiger charge is -2.16. The van der Waals surface area contributed by atoms with Gasteiger partial charge in [0.15, 0.2) is 0 Å². The van der Waals surface area contributed by atoms with Gasteiger partial charge in [0.2, 0.25) is 0 Å². The molecular weight excluding hydrogens is 254 g/mol. The molecule has 0 saturated heterocycles. The van der Waals surface area contributed by atoms with Gasteiger partial charge in [0.25, 0.3) is 0 Å². The maximum atomic E-state index is 5.09. The molecule has 0 amide bonds. The van der Waals surface area contributed by atoms with Crippen molar-refractivity contribution < 1.29 is 4.74 Å². The number of benzene rings is 1. The summed E-state index contributed by atoms with van der Waals surface area (Å²) in [5, 5.41) is 3.31.